The van der Waals surface area contributed by atoms with Gasteiger partial charge in [0.05, 0.1) is 12.0 Å². The van der Waals surface area contributed by atoms with Crippen LogP contribution in [0.1, 0.15) is 43.2 Å². The lowest BCUT2D eigenvalue weighted by Crippen LogP contribution is -2.20. The summed E-state index contributed by atoms with van der Waals surface area (Å²) in [5.41, 5.74) is 6.56. The van der Waals surface area contributed by atoms with E-state index in [2.05, 4.69) is 0 Å². The summed E-state index contributed by atoms with van der Waals surface area (Å²) in [6, 6.07) is 11.0. The molecule has 28 heavy (non-hydrogen) atoms. The van der Waals surface area contributed by atoms with Crippen molar-refractivity contribution in [1.82, 2.24) is 0 Å². The largest absolute Gasteiger partial charge is 0.508 e. The average Bonchev–Trinajstić information content (AvgIpc) is 2.66. The van der Waals surface area contributed by atoms with E-state index in [1.165, 1.54) is 18.2 Å². The number of aliphatic carboxylic acids is 1. The summed E-state index contributed by atoms with van der Waals surface area (Å²) in [5.74, 6) is -1.61. The number of phenolic OH excluding ortho intramolecular Hbond substituents is 3. The topological polar surface area (TPSA) is 144 Å². The third-order valence-corrected chi connectivity index (χ3v) is 4.21. The number of nitrogens with two attached hydrogens (primary N) is 1. The fourth-order valence-electron chi connectivity index (χ4n) is 2.68. The number of aliphatic hydroxyl groups is 1. The first-order valence-corrected chi connectivity index (χ1v) is 9.19. The van der Waals surface area contributed by atoms with Crippen molar-refractivity contribution in [2.24, 2.45) is 5.73 Å². The van der Waals surface area contributed by atoms with E-state index in [4.69, 9.17) is 15.9 Å². The number of aliphatic hydroxyl groups excluding tert-OH is 1. The lowest BCUT2D eigenvalue weighted by atomic mass is 9.93. The lowest BCUT2D eigenvalue weighted by Gasteiger charge is -2.13. The number of rotatable bonds is 8. The predicted octanol–water partition coefficient (Wildman–Crippen LogP) is 2.71. The van der Waals surface area contributed by atoms with Crippen molar-refractivity contribution < 1.29 is 30.3 Å². The molecule has 0 aliphatic carbocycles. The third-order valence-electron chi connectivity index (χ3n) is 4.21. The first-order chi connectivity index (χ1) is 13.3. The fourth-order valence-corrected chi connectivity index (χ4v) is 2.68. The summed E-state index contributed by atoms with van der Waals surface area (Å²) < 4.78 is 0. The van der Waals surface area contributed by atoms with Gasteiger partial charge in [-0.15, -0.1) is 0 Å². The standard InChI is InChI=1S/C11H14O4.C10H15NO2/c1-2-3-8(11(14)15)9-6-7(12)4-5-10(9)13;11-7-10(13)5-4-8-2-1-3-9(12)6-8/h4-6,8,12-13H,2-3H2,1H3,(H,14,15);1-3,6,10,12-13H,4-5,7,11H2. The van der Waals surface area contributed by atoms with Crippen LogP contribution in [0.4, 0.5) is 0 Å². The van der Waals surface area contributed by atoms with E-state index in [0.717, 1.165) is 12.0 Å². The molecule has 0 aromatic heterocycles. The van der Waals surface area contributed by atoms with Crippen LogP contribution in [0.25, 0.3) is 0 Å². The third kappa shape index (κ3) is 7.85. The lowest BCUT2D eigenvalue weighted by molar-refractivity contribution is -0.139. The van der Waals surface area contributed by atoms with Gasteiger partial charge in [-0.25, -0.2) is 0 Å². The molecule has 154 valence electrons. The summed E-state index contributed by atoms with van der Waals surface area (Å²) in [6.45, 7) is 2.16. The smallest absolute Gasteiger partial charge is 0.311 e. The van der Waals surface area contributed by atoms with Crippen molar-refractivity contribution in [2.45, 2.75) is 44.6 Å². The maximum Gasteiger partial charge on any atom is 0.311 e. The Bertz CT molecular complexity index is 749. The van der Waals surface area contributed by atoms with E-state index in [-0.39, 0.29) is 22.8 Å². The summed E-state index contributed by atoms with van der Waals surface area (Å²) in [6.07, 6.45) is 2.08. The molecule has 7 nitrogen and oxygen atoms in total. The number of carboxylic acids is 1. The zero-order chi connectivity index (χ0) is 21.1. The number of phenols is 3. The van der Waals surface area contributed by atoms with Crippen LogP contribution >= 0.6 is 0 Å². The Labute approximate surface area is 164 Å². The quantitative estimate of drug-likeness (QED) is 0.380. The van der Waals surface area contributed by atoms with Crippen LogP contribution in [0.5, 0.6) is 17.2 Å². The molecule has 2 rings (SSSR count). The highest BCUT2D eigenvalue weighted by Crippen LogP contribution is 2.32. The molecule has 7 heteroatoms. The summed E-state index contributed by atoms with van der Waals surface area (Å²) >= 11 is 0. The predicted molar refractivity (Wildman–Crippen MR) is 107 cm³/mol. The van der Waals surface area contributed by atoms with E-state index in [1.807, 2.05) is 13.0 Å². The number of carbonyl (C=O) groups is 1. The van der Waals surface area contributed by atoms with Gasteiger partial charge in [0.15, 0.2) is 0 Å². The van der Waals surface area contributed by atoms with Gasteiger partial charge in [-0.3, -0.25) is 4.79 Å². The maximum absolute atomic E-state index is 11.0. The molecule has 7 N–H and O–H groups in total. The van der Waals surface area contributed by atoms with Gasteiger partial charge in [-0.2, -0.15) is 0 Å². The van der Waals surface area contributed by atoms with Crippen molar-refractivity contribution in [3.8, 4) is 17.2 Å². The van der Waals surface area contributed by atoms with Gasteiger partial charge in [-0.05, 0) is 55.2 Å². The number of benzene rings is 2. The number of carboxylic acid groups (broad SMARTS) is 1. The summed E-state index contributed by atoms with van der Waals surface area (Å²) in [4.78, 5) is 11.0. The second-order valence-electron chi connectivity index (χ2n) is 6.52. The molecular weight excluding hydrogens is 362 g/mol. The van der Waals surface area contributed by atoms with Crippen LogP contribution in [-0.2, 0) is 11.2 Å². The second-order valence-corrected chi connectivity index (χ2v) is 6.52. The highest BCUT2D eigenvalue weighted by Gasteiger charge is 2.22. The van der Waals surface area contributed by atoms with Crippen LogP contribution in [0.3, 0.4) is 0 Å². The highest BCUT2D eigenvalue weighted by atomic mass is 16.4. The van der Waals surface area contributed by atoms with Gasteiger partial charge >= 0.3 is 5.97 Å². The minimum Gasteiger partial charge on any atom is -0.508 e. The number of aromatic hydroxyl groups is 3. The Hall–Kier alpha value is -2.77. The van der Waals surface area contributed by atoms with Gasteiger partial charge in [-0.1, -0.05) is 25.5 Å². The molecule has 2 unspecified atom stereocenters. The minimum atomic E-state index is -0.988. The molecule has 0 amide bonds. The molecule has 0 aliphatic heterocycles. The van der Waals surface area contributed by atoms with Gasteiger partial charge < -0.3 is 31.3 Å². The van der Waals surface area contributed by atoms with Crippen LogP contribution < -0.4 is 5.73 Å². The molecule has 0 bridgehead atoms. The van der Waals surface area contributed by atoms with Crippen LogP contribution in [0.15, 0.2) is 42.5 Å². The van der Waals surface area contributed by atoms with Crippen molar-refractivity contribution >= 4 is 5.97 Å². The van der Waals surface area contributed by atoms with Gasteiger partial charge in [0.25, 0.3) is 0 Å². The van der Waals surface area contributed by atoms with E-state index < -0.39 is 18.0 Å². The maximum atomic E-state index is 11.0. The number of hydrogen-bond acceptors (Lipinski definition) is 6. The van der Waals surface area contributed by atoms with Crippen LogP contribution in [0.2, 0.25) is 0 Å². The van der Waals surface area contributed by atoms with E-state index in [9.17, 15) is 20.1 Å². The van der Waals surface area contributed by atoms with E-state index in [0.29, 0.717) is 25.8 Å². The minimum absolute atomic E-state index is 0.0369. The van der Waals surface area contributed by atoms with Crippen LogP contribution in [0, 0.1) is 0 Å². The zero-order valence-electron chi connectivity index (χ0n) is 16.0. The monoisotopic (exact) mass is 391 g/mol. The number of aryl methyl sites for hydroxylation is 1. The fraction of sp³-hybridized carbons (Fsp3) is 0.381. The van der Waals surface area contributed by atoms with Gasteiger partial charge in [0.2, 0.25) is 0 Å². The Morgan fingerprint density at radius 3 is 2.29 bits per heavy atom. The molecule has 0 radical (unpaired) electrons. The van der Waals surface area contributed by atoms with Crippen molar-refractivity contribution in [1.29, 1.82) is 0 Å². The molecule has 0 spiro atoms. The Morgan fingerprint density at radius 2 is 1.71 bits per heavy atom. The van der Waals surface area contributed by atoms with Crippen molar-refractivity contribution in [3.63, 3.8) is 0 Å². The second kappa shape index (κ2) is 11.8. The van der Waals surface area contributed by atoms with Crippen LogP contribution in [-0.4, -0.2) is 44.2 Å². The zero-order valence-corrected chi connectivity index (χ0v) is 16.0. The SMILES string of the molecule is CCCC(C(=O)O)c1cc(O)ccc1O.NCC(O)CCc1cccc(O)c1. The Kier molecular flexibility index (Phi) is 9.84. The van der Waals surface area contributed by atoms with Crippen molar-refractivity contribution in [2.75, 3.05) is 6.54 Å². The molecule has 0 saturated heterocycles. The van der Waals surface area contributed by atoms with E-state index >= 15 is 0 Å². The molecule has 0 heterocycles. The van der Waals surface area contributed by atoms with Gasteiger partial charge in [0.1, 0.15) is 17.2 Å². The first-order valence-electron chi connectivity index (χ1n) is 9.19. The molecule has 2 aromatic rings. The molecule has 0 aliphatic rings. The Balaban J connectivity index is 0.000000283. The average molecular weight is 391 g/mol. The van der Waals surface area contributed by atoms with Gasteiger partial charge in [0, 0.05) is 12.1 Å². The van der Waals surface area contributed by atoms with Crippen molar-refractivity contribution in [3.05, 3.63) is 53.6 Å². The summed E-state index contributed by atoms with van der Waals surface area (Å²) in [7, 11) is 0. The molecule has 0 fully saturated rings. The number of hydrogen-bond donors (Lipinski definition) is 6. The Morgan fingerprint density at radius 1 is 1.04 bits per heavy atom. The molecule has 2 aromatic carbocycles. The highest BCUT2D eigenvalue weighted by molar-refractivity contribution is 5.77. The molecular formula is C21H29NO6. The van der Waals surface area contributed by atoms with E-state index in [1.54, 1.807) is 18.2 Å². The molecule has 2 atom stereocenters. The normalized spacial score (nSPS) is 12.5. The molecule has 0 saturated carbocycles. The summed E-state index contributed by atoms with van der Waals surface area (Å²) in [5, 5.41) is 46.1. The first kappa shape index (κ1) is 23.3.